The molecule has 4 atom stereocenters. The molecule has 1 aromatic carbocycles. The molecule has 0 radical (unpaired) electrons. The van der Waals surface area contributed by atoms with Crippen molar-refractivity contribution in [2.45, 2.75) is 37.4 Å². The highest BCUT2D eigenvalue weighted by atomic mass is 16.5. The van der Waals surface area contributed by atoms with Crippen molar-refractivity contribution in [3.8, 4) is 0 Å². The fourth-order valence-electron chi connectivity index (χ4n) is 3.36. The second kappa shape index (κ2) is 4.73. The molecule has 0 N–H and O–H groups in total. The Morgan fingerprint density at radius 3 is 2.78 bits per heavy atom. The first kappa shape index (κ1) is 11.7. The number of esters is 1. The van der Waals surface area contributed by atoms with E-state index in [0.29, 0.717) is 6.10 Å². The number of carbonyl (C=O) groups excluding carboxylic acids is 1. The molecule has 2 bridgehead atoms. The van der Waals surface area contributed by atoms with E-state index in [2.05, 4.69) is 12.1 Å². The van der Waals surface area contributed by atoms with Gasteiger partial charge in [-0.15, -0.1) is 0 Å². The van der Waals surface area contributed by atoms with Gasteiger partial charge in [0.25, 0.3) is 0 Å². The Morgan fingerprint density at radius 1 is 1.28 bits per heavy atom. The van der Waals surface area contributed by atoms with E-state index in [0.717, 1.165) is 19.3 Å². The molecule has 3 heteroatoms. The van der Waals surface area contributed by atoms with Gasteiger partial charge in [-0.25, -0.2) is 0 Å². The molecular formula is C15H18O3. The van der Waals surface area contributed by atoms with Gasteiger partial charge in [-0.2, -0.15) is 0 Å². The molecule has 2 fully saturated rings. The van der Waals surface area contributed by atoms with Crippen LogP contribution in [0.5, 0.6) is 0 Å². The van der Waals surface area contributed by atoms with Crippen LogP contribution in [0.1, 0.15) is 30.7 Å². The fraction of sp³-hybridized carbons (Fsp3) is 0.533. The summed E-state index contributed by atoms with van der Waals surface area (Å²) in [4.78, 5) is 12.0. The lowest BCUT2D eigenvalue weighted by Gasteiger charge is -2.35. The van der Waals surface area contributed by atoms with Gasteiger partial charge in [0, 0.05) is 5.92 Å². The Balaban J connectivity index is 1.93. The van der Waals surface area contributed by atoms with Crippen LogP contribution in [-0.2, 0) is 14.3 Å². The van der Waals surface area contributed by atoms with E-state index in [1.807, 2.05) is 18.2 Å². The molecule has 3 rings (SSSR count). The highest BCUT2D eigenvalue weighted by Crippen LogP contribution is 2.45. The zero-order chi connectivity index (χ0) is 12.5. The van der Waals surface area contributed by atoms with Gasteiger partial charge in [0.05, 0.1) is 25.2 Å². The molecule has 96 valence electrons. The number of carbonyl (C=O) groups is 1. The summed E-state index contributed by atoms with van der Waals surface area (Å²) in [7, 11) is 1.46. The number of fused-ring (bicyclic) bond motifs is 2. The Bertz CT molecular complexity index is 429. The third kappa shape index (κ3) is 1.93. The third-order valence-electron chi connectivity index (χ3n) is 4.19. The average Bonchev–Trinajstić information content (AvgIpc) is 2.80. The monoisotopic (exact) mass is 246 g/mol. The van der Waals surface area contributed by atoms with Crippen molar-refractivity contribution in [3.05, 3.63) is 35.9 Å². The molecule has 0 aliphatic carbocycles. The summed E-state index contributed by atoms with van der Waals surface area (Å²) in [5.41, 5.74) is 1.23. The largest absolute Gasteiger partial charge is 0.469 e. The topological polar surface area (TPSA) is 35.5 Å². The minimum atomic E-state index is -0.142. The Morgan fingerprint density at radius 2 is 2.06 bits per heavy atom. The summed E-state index contributed by atoms with van der Waals surface area (Å²) in [5.74, 6) is -0.0322. The molecule has 1 unspecified atom stereocenters. The van der Waals surface area contributed by atoms with Gasteiger partial charge in [-0.05, 0) is 24.8 Å². The standard InChI is InChI=1S/C15H18O3/c1-17-15(16)14-12(10-5-3-2-4-6-10)9-11-7-8-13(14)18-11/h2-6,11-14H,7-9H2,1H3/t11?,12-,13-,14+/m1/s1. The maximum absolute atomic E-state index is 12.0. The van der Waals surface area contributed by atoms with E-state index >= 15 is 0 Å². The van der Waals surface area contributed by atoms with Crippen molar-refractivity contribution >= 4 is 5.97 Å². The number of hydrogen-bond donors (Lipinski definition) is 0. The van der Waals surface area contributed by atoms with Crippen LogP contribution in [0, 0.1) is 5.92 Å². The van der Waals surface area contributed by atoms with Crippen molar-refractivity contribution in [1.29, 1.82) is 0 Å². The van der Waals surface area contributed by atoms with Gasteiger partial charge in [-0.3, -0.25) is 4.79 Å². The maximum atomic E-state index is 12.0. The molecule has 1 aromatic rings. The van der Waals surface area contributed by atoms with Gasteiger partial charge in [0.2, 0.25) is 0 Å². The van der Waals surface area contributed by atoms with Crippen LogP contribution in [0.4, 0.5) is 0 Å². The number of hydrogen-bond acceptors (Lipinski definition) is 3. The lowest BCUT2D eigenvalue weighted by Crippen LogP contribution is -2.39. The number of methoxy groups -OCH3 is 1. The smallest absolute Gasteiger partial charge is 0.311 e. The van der Waals surface area contributed by atoms with E-state index in [9.17, 15) is 4.79 Å². The number of rotatable bonds is 2. The van der Waals surface area contributed by atoms with Crippen LogP contribution in [0.3, 0.4) is 0 Å². The molecule has 2 heterocycles. The first-order valence-electron chi connectivity index (χ1n) is 6.58. The summed E-state index contributed by atoms with van der Waals surface area (Å²) >= 11 is 0. The van der Waals surface area contributed by atoms with Crippen molar-refractivity contribution in [2.24, 2.45) is 5.92 Å². The highest BCUT2D eigenvalue weighted by Gasteiger charge is 2.47. The maximum Gasteiger partial charge on any atom is 0.311 e. The summed E-state index contributed by atoms with van der Waals surface area (Å²) in [6.07, 6.45) is 3.35. The van der Waals surface area contributed by atoms with Gasteiger partial charge >= 0.3 is 5.97 Å². The van der Waals surface area contributed by atoms with E-state index in [-0.39, 0.29) is 23.9 Å². The molecule has 2 aliphatic rings. The zero-order valence-corrected chi connectivity index (χ0v) is 10.5. The predicted molar refractivity (Wildman–Crippen MR) is 67.2 cm³/mol. The summed E-state index contributed by atoms with van der Waals surface area (Å²) in [6.45, 7) is 0. The molecule has 0 saturated carbocycles. The van der Waals surface area contributed by atoms with Crippen molar-refractivity contribution in [3.63, 3.8) is 0 Å². The molecule has 18 heavy (non-hydrogen) atoms. The summed E-state index contributed by atoms with van der Waals surface area (Å²) in [5, 5.41) is 0. The van der Waals surface area contributed by atoms with E-state index < -0.39 is 0 Å². The third-order valence-corrected chi connectivity index (χ3v) is 4.19. The quantitative estimate of drug-likeness (QED) is 0.752. The van der Waals surface area contributed by atoms with Crippen LogP contribution >= 0.6 is 0 Å². The SMILES string of the molecule is COC(=O)[C@H]1[C@@H](c2ccccc2)CC2CC[C@H]1O2. The molecule has 0 aromatic heterocycles. The second-order valence-electron chi connectivity index (χ2n) is 5.18. The first-order valence-corrected chi connectivity index (χ1v) is 6.58. The summed E-state index contributed by atoms with van der Waals surface area (Å²) < 4.78 is 10.9. The van der Waals surface area contributed by atoms with Gasteiger partial charge in [0.1, 0.15) is 0 Å². The normalized spacial score (nSPS) is 34.3. The molecule has 2 aliphatic heterocycles. The van der Waals surface area contributed by atoms with Gasteiger partial charge in [-0.1, -0.05) is 30.3 Å². The van der Waals surface area contributed by atoms with Crippen molar-refractivity contribution in [1.82, 2.24) is 0 Å². The van der Waals surface area contributed by atoms with E-state index in [4.69, 9.17) is 9.47 Å². The average molecular weight is 246 g/mol. The van der Waals surface area contributed by atoms with Crippen molar-refractivity contribution in [2.75, 3.05) is 7.11 Å². The Labute approximate surface area is 107 Å². The zero-order valence-electron chi connectivity index (χ0n) is 10.5. The number of ether oxygens (including phenoxy) is 2. The molecule has 3 nitrogen and oxygen atoms in total. The van der Waals surface area contributed by atoms with Gasteiger partial charge in [0.15, 0.2) is 0 Å². The van der Waals surface area contributed by atoms with Crippen LogP contribution in [0.15, 0.2) is 30.3 Å². The van der Waals surface area contributed by atoms with Crippen molar-refractivity contribution < 1.29 is 14.3 Å². The Hall–Kier alpha value is -1.35. The minimum absolute atomic E-state index is 0.0430. The lowest BCUT2D eigenvalue weighted by molar-refractivity contribution is -0.156. The van der Waals surface area contributed by atoms with E-state index in [1.54, 1.807) is 0 Å². The van der Waals surface area contributed by atoms with Gasteiger partial charge < -0.3 is 9.47 Å². The van der Waals surface area contributed by atoms with Crippen LogP contribution in [0.2, 0.25) is 0 Å². The molecule has 0 amide bonds. The molecule has 0 spiro atoms. The minimum Gasteiger partial charge on any atom is -0.469 e. The van der Waals surface area contributed by atoms with Crippen LogP contribution < -0.4 is 0 Å². The molecular weight excluding hydrogens is 228 g/mol. The van der Waals surface area contributed by atoms with E-state index in [1.165, 1.54) is 12.7 Å². The van der Waals surface area contributed by atoms with Crippen LogP contribution in [0.25, 0.3) is 0 Å². The Kier molecular flexibility index (Phi) is 3.08. The fourth-order valence-corrected chi connectivity index (χ4v) is 3.36. The predicted octanol–water partition coefficient (Wildman–Crippen LogP) is 2.51. The second-order valence-corrected chi connectivity index (χ2v) is 5.18. The molecule has 2 saturated heterocycles. The number of benzene rings is 1. The lowest BCUT2D eigenvalue weighted by atomic mass is 9.79. The highest BCUT2D eigenvalue weighted by molar-refractivity contribution is 5.74. The van der Waals surface area contributed by atoms with Crippen LogP contribution in [-0.4, -0.2) is 25.3 Å². The first-order chi connectivity index (χ1) is 8.79. The summed E-state index contributed by atoms with van der Waals surface area (Å²) in [6, 6.07) is 10.3.